The van der Waals surface area contributed by atoms with E-state index >= 15 is 0 Å². The quantitative estimate of drug-likeness (QED) is 0.349. The van der Waals surface area contributed by atoms with Crippen molar-refractivity contribution in [2.24, 2.45) is 0 Å². The molecule has 4 aromatic carbocycles. The van der Waals surface area contributed by atoms with Crippen LogP contribution in [0.25, 0.3) is 38.5 Å². The van der Waals surface area contributed by atoms with Crippen molar-refractivity contribution in [2.75, 3.05) is 38.3 Å². The van der Waals surface area contributed by atoms with Crippen LogP contribution in [0.15, 0.2) is 83.7 Å². The first-order valence-corrected chi connectivity index (χ1v) is 12.2. The Labute approximate surface area is 209 Å². The molecule has 36 heavy (non-hydrogen) atoms. The Morgan fingerprint density at radius 3 is 2.44 bits per heavy atom. The van der Waals surface area contributed by atoms with E-state index in [9.17, 15) is 4.79 Å². The van der Waals surface area contributed by atoms with Gasteiger partial charge in [0.2, 0.25) is 0 Å². The second-order valence-electron chi connectivity index (χ2n) is 9.11. The van der Waals surface area contributed by atoms with E-state index in [0.29, 0.717) is 18.6 Å². The SMILES string of the molecule is COc1ccc2ccc(-c3nn(-c4cc(N5CCOCC5)ccc4C)c(=O)c4ccccc34)cc2c1. The van der Waals surface area contributed by atoms with Crippen LogP contribution in [0.4, 0.5) is 5.69 Å². The smallest absolute Gasteiger partial charge is 0.279 e. The van der Waals surface area contributed by atoms with Crippen molar-refractivity contribution in [1.29, 1.82) is 0 Å². The van der Waals surface area contributed by atoms with Crippen LogP contribution >= 0.6 is 0 Å². The van der Waals surface area contributed by atoms with Crippen molar-refractivity contribution in [1.82, 2.24) is 9.78 Å². The van der Waals surface area contributed by atoms with Gasteiger partial charge < -0.3 is 14.4 Å². The summed E-state index contributed by atoms with van der Waals surface area (Å²) < 4.78 is 12.5. The zero-order chi connectivity index (χ0) is 24.6. The number of rotatable bonds is 4. The van der Waals surface area contributed by atoms with Crippen LogP contribution in [0, 0.1) is 6.92 Å². The lowest BCUT2D eigenvalue weighted by Crippen LogP contribution is -2.36. The Morgan fingerprint density at radius 2 is 1.64 bits per heavy atom. The lowest BCUT2D eigenvalue weighted by atomic mass is 10.0. The van der Waals surface area contributed by atoms with Gasteiger partial charge in [-0.3, -0.25) is 4.79 Å². The number of aromatic nitrogens is 2. The first-order chi connectivity index (χ1) is 17.6. The van der Waals surface area contributed by atoms with E-state index in [1.54, 1.807) is 11.8 Å². The predicted molar refractivity (Wildman–Crippen MR) is 145 cm³/mol. The van der Waals surface area contributed by atoms with Crippen molar-refractivity contribution < 1.29 is 9.47 Å². The maximum absolute atomic E-state index is 13.7. The molecule has 180 valence electrons. The van der Waals surface area contributed by atoms with Gasteiger partial charge in [-0.15, -0.1) is 0 Å². The number of methoxy groups -OCH3 is 1. The van der Waals surface area contributed by atoms with Gasteiger partial charge in [-0.1, -0.05) is 42.5 Å². The molecule has 6 rings (SSSR count). The number of hydrogen-bond acceptors (Lipinski definition) is 5. The first kappa shape index (κ1) is 22.3. The van der Waals surface area contributed by atoms with Gasteiger partial charge >= 0.3 is 0 Å². The Morgan fingerprint density at radius 1 is 0.861 bits per heavy atom. The molecule has 1 aliphatic rings. The number of benzene rings is 4. The molecule has 0 aliphatic carbocycles. The fourth-order valence-corrected chi connectivity index (χ4v) is 4.91. The van der Waals surface area contributed by atoms with Crippen LogP contribution in [0.5, 0.6) is 5.75 Å². The van der Waals surface area contributed by atoms with E-state index in [1.165, 1.54) is 0 Å². The van der Waals surface area contributed by atoms with Crippen LogP contribution < -0.4 is 15.2 Å². The Bertz CT molecular complexity index is 1650. The van der Waals surface area contributed by atoms with Gasteiger partial charge in [0, 0.05) is 29.7 Å². The third kappa shape index (κ3) is 3.89. The van der Waals surface area contributed by atoms with E-state index in [2.05, 4.69) is 41.3 Å². The monoisotopic (exact) mass is 477 g/mol. The topological polar surface area (TPSA) is 56.6 Å². The fourth-order valence-electron chi connectivity index (χ4n) is 4.91. The minimum absolute atomic E-state index is 0.126. The molecule has 1 aliphatic heterocycles. The second-order valence-corrected chi connectivity index (χ2v) is 9.11. The van der Waals surface area contributed by atoms with Crippen LogP contribution in [0.3, 0.4) is 0 Å². The summed E-state index contributed by atoms with van der Waals surface area (Å²) in [5.41, 5.74) is 4.44. The number of fused-ring (bicyclic) bond motifs is 2. The molecule has 0 bridgehead atoms. The number of aryl methyl sites for hydroxylation is 1. The molecule has 2 heterocycles. The molecule has 6 heteroatoms. The molecule has 0 N–H and O–H groups in total. The van der Waals surface area contributed by atoms with Gasteiger partial charge in [-0.05, 0) is 59.7 Å². The minimum Gasteiger partial charge on any atom is -0.497 e. The Balaban J connectivity index is 1.57. The summed E-state index contributed by atoms with van der Waals surface area (Å²) in [5, 5.41) is 8.62. The molecule has 6 nitrogen and oxygen atoms in total. The molecule has 5 aromatic rings. The van der Waals surface area contributed by atoms with Crippen LogP contribution in [-0.4, -0.2) is 43.2 Å². The zero-order valence-corrected chi connectivity index (χ0v) is 20.4. The van der Waals surface area contributed by atoms with Gasteiger partial charge in [0.05, 0.1) is 37.1 Å². The predicted octanol–water partition coefficient (Wildman–Crippen LogP) is 5.36. The van der Waals surface area contributed by atoms with E-state index in [1.807, 2.05) is 49.4 Å². The highest BCUT2D eigenvalue weighted by Gasteiger charge is 2.17. The first-order valence-electron chi connectivity index (χ1n) is 12.2. The molecule has 1 aromatic heterocycles. The van der Waals surface area contributed by atoms with E-state index in [4.69, 9.17) is 14.6 Å². The van der Waals surface area contributed by atoms with Gasteiger partial charge in [-0.2, -0.15) is 9.78 Å². The molecule has 1 fully saturated rings. The van der Waals surface area contributed by atoms with E-state index in [0.717, 1.165) is 63.2 Å². The van der Waals surface area contributed by atoms with Gasteiger partial charge in [0.1, 0.15) is 5.75 Å². The normalized spacial score (nSPS) is 13.9. The van der Waals surface area contributed by atoms with Crippen LogP contribution in [0.1, 0.15) is 5.56 Å². The maximum Gasteiger partial charge on any atom is 0.279 e. The summed E-state index contributed by atoms with van der Waals surface area (Å²) in [4.78, 5) is 16.0. The highest BCUT2D eigenvalue weighted by molar-refractivity contribution is 5.97. The number of ether oxygens (including phenoxy) is 2. The summed E-state index contributed by atoms with van der Waals surface area (Å²) in [7, 11) is 1.67. The molecule has 1 saturated heterocycles. The van der Waals surface area contributed by atoms with Gasteiger partial charge in [0.15, 0.2) is 0 Å². The molecule has 0 unspecified atom stereocenters. The van der Waals surface area contributed by atoms with Crippen molar-refractivity contribution in [3.63, 3.8) is 0 Å². The summed E-state index contributed by atoms with van der Waals surface area (Å²) in [5.74, 6) is 0.804. The molecule has 0 spiro atoms. The lowest BCUT2D eigenvalue weighted by Gasteiger charge is -2.29. The number of morpholine rings is 1. The Hall–Kier alpha value is -4.16. The van der Waals surface area contributed by atoms with E-state index in [-0.39, 0.29) is 5.56 Å². The standard InChI is InChI=1S/C30H27N3O3/c1-20-7-11-24(32-13-15-36-16-14-32)19-28(20)33-30(34)27-6-4-3-5-26(27)29(31-33)22-9-8-21-10-12-25(35-2)18-23(21)17-22/h3-12,17-19H,13-16H2,1-2H3. The fraction of sp³-hybridized carbons (Fsp3) is 0.200. The molecular formula is C30H27N3O3. The van der Waals surface area contributed by atoms with Crippen molar-refractivity contribution in [2.45, 2.75) is 6.92 Å². The zero-order valence-electron chi connectivity index (χ0n) is 20.4. The van der Waals surface area contributed by atoms with Crippen molar-refractivity contribution in [3.8, 4) is 22.7 Å². The number of nitrogens with zero attached hydrogens (tertiary/aromatic N) is 3. The average molecular weight is 478 g/mol. The maximum atomic E-state index is 13.7. The average Bonchev–Trinajstić information content (AvgIpc) is 2.94. The Kier molecular flexibility index (Phi) is 5.66. The summed E-state index contributed by atoms with van der Waals surface area (Å²) >= 11 is 0. The summed E-state index contributed by atoms with van der Waals surface area (Å²) in [6.45, 7) is 5.08. The number of anilines is 1. The highest BCUT2D eigenvalue weighted by Crippen LogP contribution is 2.31. The second kappa shape index (κ2) is 9.13. The molecule has 0 radical (unpaired) electrons. The third-order valence-electron chi connectivity index (χ3n) is 6.92. The largest absolute Gasteiger partial charge is 0.497 e. The van der Waals surface area contributed by atoms with Crippen LogP contribution in [0.2, 0.25) is 0 Å². The summed E-state index contributed by atoms with van der Waals surface area (Å²) in [6.07, 6.45) is 0. The van der Waals surface area contributed by atoms with Crippen LogP contribution in [-0.2, 0) is 4.74 Å². The highest BCUT2D eigenvalue weighted by atomic mass is 16.5. The molecule has 0 atom stereocenters. The molecule has 0 saturated carbocycles. The minimum atomic E-state index is -0.126. The summed E-state index contributed by atoms with van der Waals surface area (Å²) in [6, 6.07) is 26.2. The van der Waals surface area contributed by atoms with E-state index < -0.39 is 0 Å². The van der Waals surface area contributed by atoms with Crippen molar-refractivity contribution >= 4 is 27.2 Å². The molecule has 0 amide bonds. The third-order valence-corrected chi connectivity index (χ3v) is 6.92. The number of hydrogen-bond donors (Lipinski definition) is 0. The van der Waals surface area contributed by atoms with Crippen molar-refractivity contribution in [3.05, 3.63) is 94.8 Å². The molecular weight excluding hydrogens is 450 g/mol. The lowest BCUT2D eigenvalue weighted by molar-refractivity contribution is 0.122. The van der Waals surface area contributed by atoms with Gasteiger partial charge in [0.25, 0.3) is 5.56 Å². The van der Waals surface area contributed by atoms with Gasteiger partial charge in [-0.25, -0.2) is 0 Å².